The van der Waals surface area contributed by atoms with Gasteiger partial charge in [-0.05, 0) is 36.1 Å². The van der Waals surface area contributed by atoms with Crippen molar-refractivity contribution < 1.29 is 9.13 Å². The molecule has 1 aliphatic heterocycles. The first-order valence-electron chi connectivity index (χ1n) is 7.67. The van der Waals surface area contributed by atoms with E-state index < -0.39 is 0 Å². The number of anilines is 1. The molecule has 2 aromatic carbocycles. The van der Waals surface area contributed by atoms with E-state index in [1.54, 1.807) is 6.07 Å². The van der Waals surface area contributed by atoms with E-state index in [0.29, 0.717) is 24.5 Å². The Morgan fingerprint density at radius 2 is 2.18 bits per heavy atom. The van der Waals surface area contributed by atoms with Gasteiger partial charge in [-0.3, -0.25) is 0 Å². The van der Waals surface area contributed by atoms with E-state index in [1.165, 1.54) is 11.6 Å². The van der Waals surface area contributed by atoms with Crippen LogP contribution in [0.1, 0.15) is 18.1 Å². The van der Waals surface area contributed by atoms with Crippen molar-refractivity contribution in [3.63, 3.8) is 0 Å². The molecule has 0 saturated carbocycles. The van der Waals surface area contributed by atoms with Crippen LogP contribution in [0, 0.1) is 12.7 Å². The summed E-state index contributed by atoms with van der Waals surface area (Å²) in [4.78, 5) is 0. The normalized spacial score (nSPS) is 16.6. The van der Waals surface area contributed by atoms with Crippen LogP contribution in [-0.4, -0.2) is 19.2 Å². The van der Waals surface area contributed by atoms with Crippen LogP contribution in [0.3, 0.4) is 0 Å². The number of hydrogen-bond donors (Lipinski definition) is 2. The molecule has 22 heavy (non-hydrogen) atoms. The summed E-state index contributed by atoms with van der Waals surface area (Å²) in [6.07, 6.45) is 0.793. The van der Waals surface area contributed by atoms with Gasteiger partial charge in [-0.2, -0.15) is 0 Å². The predicted molar refractivity (Wildman–Crippen MR) is 87.9 cm³/mol. The molecule has 2 aromatic rings. The maximum Gasteiger partial charge on any atom is 0.151 e. The third kappa shape index (κ3) is 2.55. The highest BCUT2D eigenvalue weighted by Crippen LogP contribution is 2.42. The fourth-order valence-electron chi connectivity index (χ4n) is 3.01. The first kappa shape index (κ1) is 14.9. The fourth-order valence-corrected chi connectivity index (χ4v) is 3.01. The molecule has 116 valence electrons. The number of halogens is 1. The van der Waals surface area contributed by atoms with Crippen LogP contribution in [0.2, 0.25) is 0 Å². The van der Waals surface area contributed by atoms with Crippen molar-refractivity contribution in [2.75, 3.05) is 18.4 Å². The Bertz CT molecular complexity index is 700. The van der Waals surface area contributed by atoms with Gasteiger partial charge in [0.05, 0.1) is 12.2 Å². The van der Waals surface area contributed by atoms with Gasteiger partial charge in [0.1, 0.15) is 11.9 Å². The van der Waals surface area contributed by atoms with Gasteiger partial charge in [-0.25, -0.2) is 4.39 Å². The second-order valence-electron chi connectivity index (χ2n) is 5.65. The van der Waals surface area contributed by atoms with Crippen LogP contribution in [0.4, 0.5) is 10.1 Å². The van der Waals surface area contributed by atoms with Gasteiger partial charge >= 0.3 is 0 Å². The molecule has 0 bridgehead atoms. The summed E-state index contributed by atoms with van der Waals surface area (Å²) in [5.41, 5.74) is 10.6. The molecule has 0 fully saturated rings. The fraction of sp³-hybridized carbons (Fsp3) is 0.333. The lowest BCUT2D eigenvalue weighted by molar-refractivity contribution is 0.215. The van der Waals surface area contributed by atoms with Gasteiger partial charge < -0.3 is 15.8 Å². The van der Waals surface area contributed by atoms with E-state index in [4.69, 9.17) is 10.5 Å². The van der Waals surface area contributed by atoms with Gasteiger partial charge in [-0.1, -0.05) is 25.1 Å². The number of fused-ring (bicyclic) bond motifs is 1. The second-order valence-corrected chi connectivity index (χ2v) is 5.65. The van der Waals surface area contributed by atoms with Crippen LogP contribution in [0.15, 0.2) is 30.3 Å². The second kappa shape index (κ2) is 5.97. The smallest absolute Gasteiger partial charge is 0.151 e. The van der Waals surface area contributed by atoms with E-state index in [9.17, 15) is 4.39 Å². The van der Waals surface area contributed by atoms with Crippen LogP contribution in [0.5, 0.6) is 5.75 Å². The van der Waals surface area contributed by atoms with Gasteiger partial charge in [0.25, 0.3) is 0 Å². The Labute approximate surface area is 130 Å². The molecule has 3 nitrogen and oxygen atoms in total. The average molecular weight is 300 g/mol. The minimum atomic E-state index is -0.263. The lowest BCUT2D eigenvalue weighted by Crippen LogP contribution is -2.37. The van der Waals surface area contributed by atoms with Crippen molar-refractivity contribution in [2.45, 2.75) is 26.4 Å². The van der Waals surface area contributed by atoms with Crippen LogP contribution in [-0.2, 0) is 6.42 Å². The Kier molecular flexibility index (Phi) is 4.03. The molecule has 0 unspecified atom stereocenters. The summed E-state index contributed by atoms with van der Waals surface area (Å²) < 4.78 is 20.1. The van der Waals surface area contributed by atoms with Crippen molar-refractivity contribution in [1.82, 2.24) is 0 Å². The first-order valence-corrected chi connectivity index (χ1v) is 7.67. The Morgan fingerprint density at radius 3 is 2.91 bits per heavy atom. The summed E-state index contributed by atoms with van der Waals surface area (Å²) >= 11 is 0. The van der Waals surface area contributed by atoms with Gasteiger partial charge in [0.2, 0.25) is 0 Å². The standard InChI is InChI=1S/C18H21FN2O/c1-3-12-6-4-5-11(2)17(12)15-7-13(19)8-16-18(15)22-14(9-20)10-21-16/h4-8,14,21H,3,9-10,20H2,1-2H3/t14-/m0/s1. The highest BCUT2D eigenvalue weighted by molar-refractivity contribution is 5.82. The summed E-state index contributed by atoms with van der Waals surface area (Å²) in [6.45, 7) is 5.17. The predicted octanol–water partition coefficient (Wildman–Crippen LogP) is 3.50. The third-order valence-electron chi connectivity index (χ3n) is 4.13. The molecular weight excluding hydrogens is 279 g/mol. The van der Waals surface area contributed by atoms with Crippen molar-refractivity contribution in [1.29, 1.82) is 0 Å². The Hall–Kier alpha value is -2.07. The van der Waals surface area contributed by atoms with E-state index in [1.807, 2.05) is 19.1 Å². The summed E-state index contributed by atoms with van der Waals surface area (Å²) in [7, 11) is 0. The van der Waals surface area contributed by atoms with Gasteiger partial charge in [0.15, 0.2) is 5.75 Å². The molecule has 0 aliphatic carbocycles. The molecule has 1 heterocycles. The molecule has 0 radical (unpaired) electrons. The van der Waals surface area contributed by atoms with E-state index in [2.05, 4.69) is 18.3 Å². The maximum atomic E-state index is 14.1. The monoisotopic (exact) mass is 300 g/mol. The Balaban J connectivity index is 2.22. The SMILES string of the molecule is CCc1cccc(C)c1-c1cc(F)cc2c1O[C@@H](CN)CN2. The zero-order valence-electron chi connectivity index (χ0n) is 12.9. The minimum Gasteiger partial charge on any atom is -0.484 e. The van der Waals surface area contributed by atoms with Gasteiger partial charge in [0, 0.05) is 18.2 Å². The number of ether oxygens (including phenoxy) is 1. The largest absolute Gasteiger partial charge is 0.484 e. The quantitative estimate of drug-likeness (QED) is 0.912. The number of nitrogens with one attached hydrogen (secondary N) is 1. The first-order chi connectivity index (χ1) is 10.6. The molecule has 0 aromatic heterocycles. The van der Waals surface area contributed by atoms with E-state index in [0.717, 1.165) is 23.1 Å². The summed E-state index contributed by atoms with van der Waals surface area (Å²) in [5, 5.41) is 3.23. The highest BCUT2D eigenvalue weighted by Gasteiger charge is 2.24. The van der Waals surface area contributed by atoms with Crippen molar-refractivity contribution in [3.05, 3.63) is 47.3 Å². The third-order valence-corrected chi connectivity index (χ3v) is 4.13. The molecule has 3 N–H and O–H groups in total. The summed E-state index contributed by atoms with van der Waals surface area (Å²) in [6, 6.07) is 9.19. The number of rotatable bonds is 3. The van der Waals surface area contributed by atoms with Crippen molar-refractivity contribution in [2.24, 2.45) is 5.73 Å². The van der Waals surface area contributed by atoms with Crippen LogP contribution >= 0.6 is 0 Å². The minimum absolute atomic E-state index is 0.0918. The molecular formula is C18H21FN2O. The van der Waals surface area contributed by atoms with E-state index in [-0.39, 0.29) is 11.9 Å². The number of benzene rings is 2. The van der Waals surface area contributed by atoms with E-state index >= 15 is 0 Å². The van der Waals surface area contributed by atoms with Crippen LogP contribution < -0.4 is 15.8 Å². The highest BCUT2D eigenvalue weighted by atomic mass is 19.1. The van der Waals surface area contributed by atoms with Crippen molar-refractivity contribution >= 4 is 5.69 Å². The lowest BCUT2D eigenvalue weighted by Gasteiger charge is -2.29. The van der Waals surface area contributed by atoms with Crippen LogP contribution in [0.25, 0.3) is 11.1 Å². The molecule has 1 aliphatic rings. The molecule has 0 saturated heterocycles. The number of hydrogen-bond acceptors (Lipinski definition) is 3. The topological polar surface area (TPSA) is 47.3 Å². The molecule has 0 amide bonds. The van der Waals surface area contributed by atoms with Gasteiger partial charge in [-0.15, -0.1) is 0 Å². The number of aryl methyl sites for hydroxylation is 2. The zero-order chi connectivity index (χ0) is 15.7. The molecule has 1 atom stereocenters. The zero-order valence-corrected chi connectivity index (χ0v) is 12.9. The number of nitrogens with two attached hydrogens (primary N) is 1. The lowest BCUT2D eigenvalue weighted by atomic mass is 9.92. The molecule has 0 spiro atoms. The molecule has 3 rings (SSSR count). The average Bonchev–Trinajstić information content (AvgIpc) is 2.53. The summed E-state index contributed by atoms with van der Waals surface area (Å²) in [5.74, 6) is 0.438. The Morgan fingerprint density at radius 1 is 1.36 bits per heavy atom. The molecule has 4 heteroatoms. The van der Waals surface area contributed by atoms with Crippen molar-refractivity contribution in [3.8, 4) is 16.9 Å². The maximum absolute atomic E-state index is 14.1.